The van der Waals surface area contributed by atoms with Gasteiger partial charge in [0.15, 0.2) is 6.26 Å². The van der Waals surface area contributed by atoms with Gasteiger partial charge in [0, 0.05) is 11.1 Å². The molecule has 0 aliphatic carbocycles. The number of hydrogen-bond donors (Lipinski definition) is 2. The summed E-state index contributed by atoms with van der Waals surface area (Å²) >= 11 is 0. The van der Waals surface area contributed by atoms with Crippen LogP contribution in [-0.4, -0.2) is 33.4 Å². The zero-order chi connectivity index (χ0) is 24.7. The van der Waals surface area contributed by atoms with Gasteiger partial charge in [-0.15, -0.1) is 0 Å². The van der Waals surface area contributed by atoms with E-state index in [1.807, 2.05) is 50.2 Å². The van der Waals surface area contributed by atoms with Crippen molar-refractivity contribution in [3.05, 3.63) is 84.0 Å². The van der Waals surface area contributed by atoms with Crippen LogP contribution in [0.2, 0.25) is 0 Å². The quantitative estimate of drug-likeness (QED) is 0.262. The molecule has 6 nitrogen and oxygen atoms in total. The normalized spacial score (nSPS) is 12.7. The molecular weight excluding hydrogens is 456 g/mol. The summed E-state index contributed by atoms with van der Waals surface area (Å²) in [7, 11) is -2.30. The molecule has 2 N–H and O–H groups in total. The van der Waals surface area contributed by atoms with Crippen molar-refractivity contribution in [1.82, 2.24) is 4.98 Å². The molecule has 3 aromatic rings. The Morgan fingerprint density at radius 1 is 1.12 bits per heavy atom. The first-order valence-corrected chi connectivity index (χ1v) is 12.1. The molecule has 1 aromatic heterocycles. The summed E-state index contributed by atoms with van der Waals surface area (Å²) in [5, 5.41) is 18.4. The van der Waals surface area contributed by atoms with Gasteiger partial charge in [0.2, 0.25) is 6.16 Å². The Balaban J connectivity index is 2.00. The van der Waals surface area contributed by atoms with Crippen molar-refractivity contribution in [1.29, 1.82) is 0 Å². The van der Waals surface area contributed by atoms with E-state index in [0.29, 0.717) is 0 Å². The van der Waals surface area contributed by atoms with Crippen LogP contribution in [0.1, 0.15) is 37.4 Å². The number of aromatic nitrogens is 1. The Hall–Kier alpha value is -3.41. The van der Waals surface area contributed by atoms with E-state index in [4.69, 9.17) is 14.6 Å². The molecule has 0 fully saturated rings. The molecular formula is C26H26FNO5P+. The zero-order valence-electron chi connectivity index (χ0n) is 18.9. The van der Waals surface area contributed by atoms with Gasteiger partial charge in [0.1, 0.15) is 11.9 Å². The number of carboxylic acids is 1. The number of halogens is 1. The van der Waals surface area contributed by atoms with Crippen molar-refractivity contribution in [3.8, 4) is 22.4 Å². The number of benzene rings is 2. The Kier molecular flexibility index (Phi) is 8.63. The predicted molar refractivity (Wildman–Crippen MR) is 130 cm³/mol. The minimum atomic E-state index is -2.30. The van der Waals surface area contributed by atoms with Crippen LogP contribution in [0.3, 0.4) is 0 Å². The Bertz CT molecular complexity index is 1180. The van der Waals surface area contributed by atoms with Crippen molar-refractivity contribution in [2.24, 2.45) is 0 Å². The predicted octanol–water partition coefficient (Wildman–Crippen LogP) is 6.24. The van der Waals surface area contributed by atoms with Crippen molar-refractivity contribution in [2.75, 3.05) is 6.16 Å². The van der Waals surface area contributed by atoms with E-state index in [9.17, 15) is 18.9 Å². The molecule has 0 saturated carbocycles. The summed E-state index contributed by atoms with van der Waals surface area (Å²) in [5.74, 6) is -1.49. The largest absolute Gasteiger partial charge is 0.558 e. The molecule has 0 aliphatic rings. The molecule has 0 saturated heterocycles. The third kappa shape index (κ3) is 6.80. The van der Waals surface area contributed by atoms with Crippen LogP contribution in [0.5, 0.6) is 0 Å². The average molecular weight is 482 g/mol. The molecule has 2 aromatic carbocycles. The monoisotopic (exact) mass is 482 g/mol. The summed E-state index contributed by atoms with van der Waals surface area (Å²) in [5.41, 5.74) is 4.80. The molecule has 176 valence electrons. The van der Waals surface area contributed by atoms with Crippen LogP contribution in [0.25, 0.3) is 28.5 Å². The van der Waals surface area contributed by atoms with Crippen molar-refractivity contribution in [2.45, 2.75) is 32.3 Å². The Morgan fingerprint density at radius 3 is 2.41 bits per heavy atom. The van der Waals surface area contributed by atoms with E-state index in [2.05, 4.69) is 0 Å². The fourth-order valence-electron chi connectivity index (χ4n) is 3.46. The summed E-state index contributed by atoms with van der Waals surface area (Å²) in [6.07, 6.45) is 0.851. The lowest BCUT2D eigenvalue weighted by molar-refractivity contribution is -0.138. The molecule has 0 bridgehead atoms. The number of aliphatic carboxylic acids is 1. The molecule has 0 aliphatic heterocycles. The first-order valence-electron chi connectivity index (χ1n) is 10.8. The Morgan fingerprint density at radius 2 is 1.79 bits per heavy atom. The second-order valence-electron chi connectivity index (χ2n) is 8.06. The second kappa shape index (κ2) is 11.6. The minimum absolute atomic E-state index is 0.0358. The van der Waals surface area contributed by atoms with E-state index >= 15 is 0 Å². The minimum Gasteiger partial charge on any atom is -0.481 e. The number of pyridine rings is 1. The summed E-state index contributed by atoms with van der Waals surface area (Å²) in [6.45, 7) is 4.01. The molecule has 3 rings (SSSR count). The highest BCUT2D eigenvalue weighted by atomic mass is 31.1. The average Bonchev–Trinajstić information content (AvgIpc) is 2.79. The summed E-state index contributed by atoms with van der Waals surface area (Å²) < 4.78 is 31.0. The zero-order valence-corrected chi connectivity index (χ0v) is 19.8. The van der Waals surface area contributed by atoms with Gasteiger partial charge in [-0.25, -0.2) is 4.39 Å². The number of carboxylic acid groups (broad SMARTS) is 1. The fraction of sp³-hybridized carbons (Fsp3) is 0.231. The molecule has 1 unspecified atom stereocenters. The molecule has 0 spiro atoms. The second-order valence-corrected chi connectivity index (χ2v) is 9.30. The first-order chi connectivity index (χ1) is 16.2. The van der Waals surface area contributed by atoms with E-state index in [1.165, 1.54) is 18.4 Å². The van der Waals surface area contributed by atoms with E-state index < -0.39 is 26.5 Å². The highest BCUT2D eigenvalue weighted by molar-refractivity contribution is 7.39. The number of carbonyl (C=O) groups is 1. The van der Waals surface area contributed by atoms with Crippen molar-refractivity contribution >= 4 is 20.1 Å². The Labute approximate surface area is 198 Å². The van der Waals surface area contributed by atoms with Crippen LogP contribution in [-0.2, 0) is 13.9 Å². The SMILES string of the molecule is CC(C)c1nc(-c2ccccc2)cc(-c2ccc(F)cc2)c1/C=C/O[P+](=O)C[C@@H](O)CC(=O)O. The smallest absolute Gasteiger partial charge is 0.481 e. The molecule has 2 atom stereocenters. The summed E-state index contributed by atoms with van der Waals surface area (Å²) in [4.78, 5) is 15.5. The van der Waals surface area contributed by atoms with Crippen LogP contribution >= 0.6 is 8.03 Å². The van der Waals surface area contributed by atoms with Gasteiger partial charge in [-0.1, -0.05) is 56.3 Å². The van der Waals surface area contributed by atoms with Crippen molar-refractivity contribution in [3.63, 3.8) is 0 Å². The number of nitrogens with zero attached hydrogens (tertiary/aromatic N) is 1. The molecule has 0 radical (unpaired) electrons. The molecule has 34 heavy (non-hydrogen) atoms. The highest BCUT2D eigenvalue weighted by Crippen LogP contribution is 2.35. The topological polar surface area (TPSA) is 96.7 Å². The van der Waals surface area contributed by atoms with E-state index in [1.54, 1.807) is 18.2 Å². The van der Waals surface area contributed by atoms with Crippen molar-refractivity contribution < 1.29 is 28.5 Å². The van der Waals surface area contributed by atoms with Gasteiger partial charge in [0.25, 0.3) is 0 Å². The maximum Gasteiger partial charge on any atom is 0.558 e. The van der Waals surface area contributed by atoms with Gasteiger partial charge >= 0.3 is 14.0 Å². The molecule has 1 heterocycles. The summed E-state index contributed by atoms with van der Waals surface area (Å²) in [6, 6.07) is 17.8. The van der Waals surface area contributed by atoms with Crippen LogP contribution in [0.4, 0.5) is 4.39 Å². The number of aliphatic hydroxyl groups excluding tert-OH is 1. The van der Waals surface area contributed by atoms with Crippen LogP contribution < -0.4 is 0 Å². The van der Waals surface area contributed by atoms with Gasteiger partial charge in [-0.05, 0) is 45.9 Å². The van der Waals surface area contributed by atoms with Gasteiger partial charge in [-0.2, -0.15) is 0 Å². The number of hydrogen-bond acceptors (Lipinski definition) is 5. The third-order valence-electron chi connectivity index (χ3n) is 5.04. The first kappa shape index (κ1) is 25.2. The maximum atomic E-state index is 13.6. The fourth-order valence-corrected chi connectivity index (χ4v) is 4.22. The van der Waals surface area contributed by atoms with E-state index in [-0.39, 0.29) is 17.9 Å². The lowest BCUT2D eigenvalue weighted by Crippen LogP contribution is -2.15. The third-order valence-corrected chi connectivity index (χ3v) is 6.12. The molecule has 8 heteroatoms. The lowest BCUT2D eigenvalue weighted by Gasteiger charge is -2.17. The van der Waals surface area contributed by atoms with Gasteiger partial charge < -0.3 is 10.2 Å². The van der Waals surface area contributed by atoms with Gasteiger partial charge in [-0.3, -0.25) is 14.3 Å². The lowest BCUT2D eigenvalue weighted by atomic mass is 9.92. The standard InChI is InChI=1S/C26H25FNO5P/c1-17(2)26-22(12-13-33-34(32)16-21(29)14-25(30)31)23(18-8-10-20(27)11-9-18)15-24(28-26)19-6-4-3-5-7-19/h3-13,15,17,21,29H,14,16H2,1-2H3/p+1/b13-12+/t21-/m0/s1. The van der Waals surface area contributed by atoms with Gasteiger partial charge in [0.05, 0.1) is 17.8 Å². The number of rotatable bonds is 10. The molecule has 0 amide bonds. The van der Waals surface area contributed by atoms with Crippen LogP contribution in [0, 0.1) is 5.82 Å². The number of aliphatic hydroxyl groups is 1. The van der Waals surface area contributed by atoms with E-state index in [0.717, 1.165) is 33.6 Å². The van der Waals surface area contributed by atoms with Crippen LogP contribution in [0.15, 0.2) is 66.9 Å². The maximum absolute atomic E-state index is 13.6. The highest BCUT2D eigenvalue weighted by Gasteiger charge is 2.25.